The molecule has 136 valence electrons. The van der Waals surface area contributed by atoms with Crippen LogP contribution in [-0.4, -0.2) is 36.3 Å². The van der Waals surface area contributed by atoms with Gasteiger partial charge in [-0.1, -0.05) is 23.7 Å². The second kappa shape index (κ2) is 8.23. The quantitative estimate of drug-likeness (QED) is 0.837. The van der Waals surface area contributed by atoms with Gasteiger partial charge in [-0.25, -0.2) is 0 Å². The molecule has 1 aliphatic rings. The fraction of sp³-hybridized carbons (Fsp3) is 0.300. The summed E-state index contributed by atoms with van der Waals surface area (Å²) in [5.41, 5.74) is 2.99. The number of halogens is 1. The van der Waals surface area contributed by atoms with Crippen molar-refractivity contribution in [3.05, 3.63) is 58.6 Å². The minimum absolute atomic E-state index is 0.0195. The molecule has 6 heteroatoms. The zero-order valence-corrected chi connectivity index (χ0v) is 15.5. The van der Waals surface area contributed by atoms with Gasteiger partial charge in [0.15, 0.2) is 0 Å². The monoisotopic (exact) mass is 371 g/mol. The van der Waals surface area contributed by atoms with E-state index in [2.05, 4.69) is 10.6 Å². The number of hydrogen-bond acceptors (Lipinski definition) is 3. The summed E-state index contributed by atoms with van der Waals surface area (Å²) >= 11 is 6.08. The third-order valence-corrected chi connectivity index (χ3v) is 4.82. The van der Waals surface area contributed by atoms with E-state index in [0.717, 1.165) is 37.2 Å². The number of nitrogens with one attached hydrogen (secondary N) is 2. The molecule has 1 fully saturated rings. The van der Waals surface area contributed by atoms with Gasteiger partial charge >= 0.3 is 0 Å². The van der Waals surface area contributed by atoms with Crippen molar-refractivity contribution in [2.24, 2.45) is 0 Å². The molecule has 2 aromatic rings. The van der Waals surface area contributed by atoms with Crippen LogP contribution in [0, 0.1) is 6.92 Å². The van der Waals surface area contributed by atoms with Gasteiger partial charge in [0.1, 0.15) is 0 Å². The van der Waals surface area contributed by atoms with Gasteiger partial charge < -0.3 is 15.5 Å². The average molecular weight is 372 g/mol. The van der Waals surface area contributed by atoms with Gasteiger partial charge in [0.2, 0.25) is 5.91 Å². The molecule has 2 amide bonds. The lowest BCUT2D eigenvalue weighted by Crippen LogP contribution is -2.27. The van der Waals surface area contributed by atoms with E-state index in [-0.39, 0.29) is 18.4 Å². The maximum Gasteiger partial charge on any atom is 0.253 e. The van der Waals surface area contributed by atoms with Crippen LogP contribution in [0.15, 0.2) is 42.5 Å². The zero-order chi connectivity index (χ0) is 18.5. The molecule has 26 heavy (non-hydrogen) atoms. The highest BCUT2D eigenvalue weighted by molar-refractivity contribution is 6.31. The first-order valence-electron chi connectivity index (χ1n) is 8.72. The van der Waals surface area contributed by atoms with Crippen LogP contribution in [0.2, 0.25) is 5.02 Å². The number of likely N-dealkylation sites (tertiary alicyclic amines) is 1. The summed E-state index contributed by atoms with van der Waals surface area (Å²) in [6.45, 7) is 3.65. The number of carbonyl (C=O) groups excluding carboxylic acids is 2. The Morgan fingerprint density at radius 2 is 1.85 bits per heavy atom. The minimum atomic E-state index is -0.188. The van der Waals surface area contributed by atoms with E-state index >= 15 is 0 Å². The molecule has 0 saturated carbocycles. The third-order valence-electron chi connectivity index (χ3n) is 4.41. The highest BCUT2D eigenvalue weighted by Crippen LogP contribution is 2.20. The average Bonchev–Trinajstić information content (AvgIpc) is 3.17. The Balaban J connectivity index is 1.57. The van der Waals surface area contributed by atoms with Crippen LogP contribution in [-0.2, 0) is 4.79 Å². The van der Waals surface area contributed by atoms with Crippen molar-refractivity contribution in [1.82, 2.24) is 4.90 Å². The predicted molar refractivity (Wildman–Crippen MR) is 105 cm³/mol. The van der Waals surface area contributed by atoms with Crippen molar-refractivity contribution in [2.45, 2.75) is 19.8 Å². The number of carbonyl (C=O) groups is 2. The smallest absolute Gasteiger partial charge is 0.253 e. The third kappa shape index (κ3) is 4.55. The van der Waals surface area contributed by atoms with Crippen molar-refractivity contribution < 1.29 is 9.59 Å². The topological polar surface area (TPSA) is 61.4 Å². The molecule has 1 aliphatic heterocycles. The second-order valence-corrected chi connectivity index (χ2v) is 6.85. The van der Waals surface area contributed by atoms with Crippen LogP contribution in [0.4, 0.5) is 11.4 Å². The van der Waals surface area contributed by atoms with Gasteiger partial charge in [-0.05, 0) is 55.7 Å². The van der Waals surface area contributed by atoms with Crippen LogP contribution in [0.25, 0.3) is 0 Å². The standard InChI is InChI=1S/C20H22ClN3O2/c1-14-7-8-16(12-18(14)21)22-13-19(25)23-17-6-4-5-15(11-17)20(26)24-9-2-3-10-24/h4-8,11-12,22H,2-3,9-10,13H2,1H3,(H,23,25). The summed E-state index contributed by atoms with van der Waals surface area (Å²) in [5.74, 6) is -0.168. The molecule has 3 rings (SSSR count). The van der Waals surface area contributed by atoms with Crippen LogP contribution >= 0.6 is 11.6 Å². The number of aryl methyl sites for hydroxylation is 1. The molecular weight excluding hydrogens is 350 g/mol. The molecular formula is C20H22ClN3O2. The molecule has 2 N–H and O–H groups in total. The van der Waals surface area contributed by atoms with Crippen molar-refractivity contribution in [2.75, 3.05) is 30.3 Å². The van der Waals surface area contributed by atoms with Gasteiger partial charge in [0.25, 0.3) is 5.91 Å². The van der Waals surface area contributed by atoms with Crippen molar-refractivity contribution in [3.63, 3.8) is 0 Å². The fourth-order valence-electron chi connectivity index (χ4n) is 2.92. The number of hydrogen-bond donors (Lipinski definition) is 2. The molecule has 0 aromatic heterocycles. The Morgan fingerprint density at radius 3 is 2.58 bits per heavy atom. The van der Waals surface area contributed by atoms with Gasteiger partial charge in [-0.3, -0.25) is 9.59 Å². The molecule has 1 heterocycles. The Bertz CT molecular complexity index is 816. The van der Waals surface area contributed by atoms with Gasteiger partial charge in [0, 0.05) is 35.1 Å². The molecule has 2 aromatic carbocycles. The van der Waals surface area contributed by atoms with E-state index in [9.17, 15) is 9.59 Å². The summed E-state index contributed by atoms with van der Waals surface area (Å²) in [5, 5.41) is 6.52. The molecule has 5 nitrogen and oxygen atoms in total. The number of amides is 2. The first-order chi connectivity index (χ1) is 12.5. The lowest BCUT2D eigenvalue weighted by atomic mass is 10.1. The van der Waals surface area contributed by atoms with E-state index in [1.807, 2.05) is 24.0 Å². The normalized spacial score (nSPS) is 13.5. The maximum atomic E-state index is 12.4. The van der Waals surface area contributed by atoms with Crippen LogP contribution in [0.5, 0.6) is 0 Å². The maximum absolute atomic E-state index is 12.4. The SMILES string of the molecule is Cc1ccc(NCC(=O)Nc2cccc(C(=O)N3CCCC3)c2)cc1Cl. The Kier molecular flexibility index (Phi) is 5.78. The first-order valence-corrected chi connectivity index (χ1v) is 9.10. The van der Waals surface area contributed by atoms with Gasteiger partial charge in [0.05, 0.1) is 6.54 Å². The largest absolute Gasteiger partial charge is 0.376 e. The van der Waals surface area contributed by atoms with Crippen molar-refractivity contribution >= 4 is 34.8 Å². The molecule has 0 spiro atoms. The Morgan fingerprint density at radius 1 is 1.08 bits per heavy atom. The fourth-order valence-corrected chi connectivity index (χ4v) is 3.10. The molecule has 1 saturated heterocycles. The number of anilines is 2. The van der Waals surface area contributed by atoms with E-state index in [0.29, 0.717) is 16.3 Å². The highest BCUT2D eigenvalue weighted by atomic mass is 35.5. The van der Waals surface area contributed by atoms with E-state index in [1.165, 1.54) is 0 Å². The van der Waals surface area contributed by atoms with Gasteiger partial charge in [-0.15, -0.1) is 0 Å². The molecule has 0 atom stereocenters. The van der Waals surface area contributed by atoms with Crippen molar-refractivity contribution in [3.8, 4) is 0 Å². The molecule has 0 bridgehead atoms. The highest BCUT2D eigenvalue weighted by Gasteiger charge is 2.19. The Hall–Kier alpha value is -2.53. The summed E-state index contributed by atoms with van der Waals surface area (Å²) in [6.07, 6.45) is 2.10. The lowest BCUT2D eigenvalue weighted by Gasteiger charge is -2.16. The summed E-state index contributed by atoms with van der Waals surface area (Å²) in [4.78, 5) is 26.5. The second-order valence-electron chi connectivity index (χ2n) is 6.45. The van der Waals surface area contributed by atoms with E-state index < -0.39 is 0 Å². The number of nitrogens with zero attached hydrogens (tertiary/aromatic N) is 1. The molecule has 0 unspecified atom stereocenters. The minimum Gasteiger partial charge on any atom is -0.376 e. The number of rotatable bonds is 5. The molecule has 0 aliphatic carbocycles. The van der Waals surface area contributed by atoms with Crippen LogP contribution in [0.1, 0.15) is 28.8 Å². The van der Waals surface area contributed by atoms with Gasteiger partial charge in [-0.2, -0.15) is 0 Å². The van der Waals surface area contributed by atoms with Crippen LogP contribution in [0.3, 0.4) is 0 Å². The summed E-state index contributed by atoms with van der Waals surface area (Å²) in [6, 6.07) is 12.6. The lowest BCUT2D eigenvalue weighted by molar-refractivity contribution is -0.114. The summed E-state index contributed by atoms with van der Waals surface area (Å²) < 4.78 is 0. The first kappa shape index (κ1) is 18.3. The number of benzene rings is 2. The zero-order valence-electron chi connectivity index (χ0n) is 14.7. The summed E-state index contributed by atoms with van der Waals surface area (Å²) in [7, 11) is 0. The molecule has 0 radical (unpaired) electrons. The van der Waals surface area contributed by atoms with E-state index in [1.54, 1.807) is 30.3 Å². The predicted octanol–water partition coefficient (Wildman–Crippen LogP) is 3.94. The Labute approximate surface area is 158 Å². The van der Waals surface area contributed by atoms with Crippen LogP contribution < -0.4 is 10.6 Å². The van der Waals surface area contributed by atoms with E-state index in [4.69, 9.17) is 11.6 Å². The van der Waals surface area contributed by atoms with Crippen molar-refractivity contribution in [1.29, 1.82) is 0 Å².